The number of aromatic hydroxyl groups is 1. The molecule has 8 heteroatoms. The molecule has 3 rings (SSSR count). The van der Waals surface area contributed by atoms with E-state index in [2.05, 4.69) is 15.6 Å². The number of benzene rings is 2. The van der Waals surface area contributed by atoms with Crippen molar-refractivity contribution in [2.75, 3.05) is 10.6 Å². The number of rotatable bonds is 4. The SMILES string of the molecule is Cc1ccc(O)c(C)c1NC(=O)c1cnc(Nc2ccc(F)cc2F)s1. The van der Waals surface area contributed by atoms with Gasteiger partial charge in [-0.05, 0) is 37.6 Å². The lowest BCUT2D eigenvalue weighted by atomic mass is 10.1. The van der Waals surface area contributed by atoms with Crippen LogP contribution in [0.4, 0.5) is 25.3 Å². The minimum Gasteiger partial charge on any atom is -0.508 e. The fraction of sp³-hybridized carbons (Fsp3) is 0.111. The zero-order valence-electron chi connectivity index (χ0n) is 13.9. The highest BCUT2D eigenvalue weighted by atomic mass is 32.1. The van der Waals surface area contributed by atoms with E-state index in [-0.39, 0.29) is 11.4 Å². The molecule has 0 bridgehead atoms. The zero-order valence-corrected chi connectivity index (χ0v) is 14.7. The van der Waals surface area contributed by atoms with E-state index < -0.39 is 17.5 Å². The topological polar surface area (TPSA) is 74.2 Å². The molecule has 1 amide bonds. The summed E-state index contributed by atoms with van der Waals surface area (Å²) in [7, 11) is 0. The maximum absolute atomic E-state index is 13.7. The van der Waals surface area contributed by atoms with E-state index in [1.165, 1.54) is 12.3 Å². The van der Waals surface area contributed by atoms with Crippen LogP contribution in [0, 0.1) is 25.5 Å². The number of thiazole rings is 1. The fourth-order valence-corrected chi connectivity index (χ4v) is 3.07. The highest BCUT2D eigenvalue weighted by Gasteiger charge is 2.15. The molecule has 0 unspecified atom stereocenters. The fourth-order valence-electron chi connectivity index (χ4n) is 2.35. The van der Waals surface area contributed by atoms with Gasteiger partial charge in [-0.25, -0.2) is 13.8 Å². The normalized spacial score (nSPS) is 10.6. The smallest absolute Gasteiger partial charge is 0.267 e. The van der Waals surface area contributed by atoms with Crippen LogP contribution in [0.15, 0.2) is 36.5 Å². The lowest BCUT2D eigenvalue weighted by molar-refractivity contribution is 0.103. The molecule has 0 aliphatic rings. The molecule has 5 nitrogen and oxygen atoms in total. The van der Waals surface area contributed by atoms with Gasteiger partial charge in [-0.3, -0.25) is 4.79 Å². The Labute approximate surface area is 152 Å². The van der Waals surface area contributed by atoms with Crippen molar-refractivity contribution in [3.63, 3.8) is 0 Å². The van der Waals surface area contributed by atoms with Crippen molar-refractivity contribution in [3.05, 3.63) is 64.2 Å². The molecule has 3 aromatic rings. The largest absolute Gasteiger partial charge is 0.508 e. The van der Waals surface area contributed by atoms with Crippen molar-refractivity contribution in [2.24, 2.45) is 0 Å². The molecular weight excluding hydrogens is 360 g/mol. The average molecular weight is 375 g/mol. The van der Waals surface area contributed by atoms with Crippen LogP contribution in [0.25, 0.3) is 0 Å². The summed E-state index contributed by atoms with van der Waals surface area (Å²) < 4.78 is 26.6. The van der Waals surface area contributed by atoms with Crippen LogP contribution in [-0.2, 0) is 0 Å². The van der Waals surface area contributed by atoms with Crippen molar-refractivity contribution in [3.8, 4) is 5.75 Å². The van der Waals surface area contributed by atoms with Crippen molar-refractivity contribution < 1.29 is 18.7 Å². The second kappa shape index (κ2) is 7.09. The third-order valence-corrected chi connectivity index (χ3v) is 4.70. The molecule has 134 valence electrons. The van der Waals surface area contributed by atoms with Crippen LogP contribution in [0.5, 0.6) is 5.75 Å². The minimum atomic E-state index is -0.753. The highest BCUT2D eigenvalue weighted by molar-refractivity contribution is 7.17. The van der Waals surface area contributed by atoms with Crippen molar-refractivity contribution in [1.29, 1.82) is 0 Å². The standard InChI is InChI=1S/C18H15F2N3O2S/c1-9-3-6-14(24)10(2)16(9)23-17(25)15-8-21-18(26-15)22-13-5-4-11(19)7-12(13)20/h3-8,24H,1-2H3,(H,21,22)(H,23,25). The summed E-state index contributed by atoms with van der Waals surface area (Å²) in [6.07, 6.45) is 1.36. The van der Waals surface area contributed by atoms with Gasteiger partial charge in [-0.1, -0.05) is 17.4 Å². The van der Waals surface area contributed by atoms with Crippen molar-refractivity contribution >= 4 is 33.8 Å². The lowest BCUT2D eigenvalue weighted by Crippen LogP contribution is -2.12. The van der Waals surface area contributed by atoms with E-state index in [1.54, 1.807) is 19.1 Å². The number of anilines is 3. The summed E-state index contributed by atoms with van der Waals surface area (Å²) in [5.74, 6) is -1.74. The van der Waals surface area contributed by atoms with Gasteiger partial charge >= 0.3 is 0 Å². The van der Waals surface area contributed by atoms with Gasteiger partial charge in [0.15, 0.2) is 5.13 Å². The second-order valence-electron chi connectivity index (χ2n) is 5.63. The molecule has 0 spiro atoms. The van der Waals surface area contributed by atoms with E-state index >= 15 is 0 Å². The molecule has 0 radical (unpaired) electrons. The molecule has 1 aromatic heterocycles. The van der Waals surface area contributed by atoms with E-state index in [1.807, 2.05) is 6.92 Å². The van der Waals surface area contributed by atoms with Gasteiger partial charge in [0.25, 0.3) is 5.91 Å². The number of hydrogen-bond donors (Lipinski definition) is 3. The number of nitrogens with zero attached hydrogens (tertiary/aromatic N) is 1. The van der Waals surface area contributed by atoms with Crippen LogP contribution in [0.1, 0.15) is 20.8 Å². The quantitative estimate of drug-likeness (QED) is 0.616. The van der Waals surface area contributed by atoms with Gasteiger partial charge in [0, 0.05) is 11.6 Å². The Morgan fingerprint density at radius 1 is 1.19 bits per heavy atom. The summed E-state index contributed by atoms with van der Waals surface area (Å²) in [6, 6.07) is 6.41. The first-order valence-electron chi connectivity index (χ1n) is 7.63. The Morgan fingerprint density at radius 3 is 2.69 bits per heavy atom. The number of phenols is 1. The Morgan fingerprint density at radius 2 is 1.96 bits per heavy atom. The molecule has 0 saturated carbocycles. The number of amides is 1. The number of carbonyl (C=O) groups is 1. The van der Waals surface area contributed by atoms with Gasteiger partial charge in [0.1, 0.15) is 22.3 Å². The Bertz CT molecular complexity index is 989. The molecule has 0 fully saturated rings. The van der Waals surface area contributed by atoms with Crippen LogP contribution in [-0.4, -0.2) is 16.0 Å². The third-order valence-electron chi connectivity index (χ3n) is 3.79. The first-order valence-corrected chi connectivity index (χ1v) is 8.45. The van der Waals surface area contributed by atoms with Gasteiger partial charge < -0.3 is 15.7 Å². The van der Waals surface area contributed by atoms with Crippen LogP contribution in [0.3, 0.4) is 0 Å². The van der Waals surface area contributed by atoms with Crippen molar-refractivity contribution in [1.82, 2.24) is 4.98 Å². The number of hydrogen-bond acceptors (Lipinski definition) is 5. The minimum absolute atomic E-state index is 0.0624. The molecular formula is C18H15F2N3O2S. The van der Waals surface area contributed by atoms with Gasteiger partial charge in [0.2, 0.25) is 0 Å². The second-order valence-corrected chi connectivity index (χ2v) is 6.67. The van der Waals surface area contributed by atoms with E-state index in [0.717, 1.165) is 29.0 Å². The predicted octanol–water partition coefficient (Wildman–Crippen LogP) is 4.74. The van der Waals surface area contributed by atoms with Crippen LogP contribution >= 0.6 is 11.3 Å². The number of halogens is 2. The summed E-state index contributed by atoms with van der Waals surface area (Å²) in [4.78, 5) is 16.8. The molecule has 2 aromatic carbocycles. The third kappa shape index (κ3) is 3.65. The Hall–Kier alpha value is -3.00. The molecule has 0 aliphatic carbocycles. The summed E-state index contributed by atoms with van der Waals surface area (Å²) >= 11 is 1.03. The molecule has 1 heterocycles. The lowest BCUT2D eigenvalue weighted by Gasteiger charge is -2.11. The van der Waals surface area contributed by atoms with Crippen LogP contribution in [0.2, 0.25) is 0 Å². The molecule has 0 aliphatic heterocycles. The van der Waals surface area contributed by atoms with E-state index in [9.17, 15) is 18.7 Å². The Kier molecular flexibility index (Phi) is 4.85. The van der Waals surface area contributed by atoms with Crippen molar-refractivity contribution in [2.45, 2.75) is 13.8 Å². The monoisotopic (exact) mass is 375 g/mol. The van der Waals surface area contributed by atoms with Gasteiger partial charge in [0.05, 0.1) is 17.6 Å². The number of phenolic OH excluding ortho intramolecular Hbond substituents is 1. The van der Waals surface area contributed by atoms with Gasteiger partial charge in [-0.2, -0.15) is 0 Å². The zero-order chi connectivity index (χ0) is 18.8. The first kappa shape index (κ1) is 17.8. The maximum atomic E-state index is 13.7. The predicted molar refractivity (Wildman–Crippen MR) is 97.3 cm³/mol. The van der Waals surface area contributed by atoms with Gasteiger partial charge in [-0.15, -0.1) is 0 Å². The number of carbonyl (C=O) groups excluding carboxylic acids is 1. The number of aromatic nitrogens is 1. The average Bonchev–Trinajstić information content (AvgIpc) is 3.06. The highest BCUT2D eigenvalue weighted by Crippen LogP contribution is 2.30. The number of aryl methyl sites for hydroxylation is 1. The van der Waals surface area contributed by atoms with Crippen LogP contribution < -0.4 is 10.6 Å². The summed E-state index contributed by atoms with van der Waals surface area (Å²) in [5.41, 5.74) is 1.97. The molecule has 0 saturated heterocycles. The summed E-state index contributed by atoms with van der Waals surface area (Å²) in [6.45, 7) is 3.52. The molecule has 3 N–H and O–H groups in total. The molecule has 0 atom stereocenters. The summed E-state index contributed by atoms with van der Waals surface area (Å²) in [5, 5.41) is 15.6. The van der Waals surface area contributed by atoms with E-state index in [0.29, 0.717) is 21.3 Å². The molecule has 26 heavy (non-hydrogen) atoms. The maximum Gasteiger partial charge on any atom is 0.267 e. The number of nitrogens with one attached hydrogen (secondary N) is 2. The first-order chi connectivity index (χ1) is 12.3. The Balaban J connectivity index is 1.77. The van der Waals surface area contributed by atoms with E-state index in [4.69, 9.17) is 0 Å².